The molecule has 1 saturated carbocycles. The van der Waals surface area contributed by atoms with Crippen molar-refractivity contribution in [3.05, 3.63) is 41.9 Å². The number of rotatable bonds is 3. The molecule has 7 heteroatoms. The van der Waals surface area contributed by atoms with Crippen molar-refractivity contribution < 1.29 is 5.11 Å². The topological polar surface area (TPSA) is 67.1 Å². The number of nitrogens with zero attached hydrogens (tertiary/aromatic N) is 5. The molecule has 2 fully saturated rings. The van der Waals surface area contributed by atoms with Crippen molar-refractivity contribution >= 4 is 21.6 Å². The summed E-state index contributed by atoms with van der Waals surface area (Å²) in [6.45, 7) is 3.13. The lowest BCUT2D eigenvalue weighted by Gasteiger charge is -2.35. The first-order valence-corrected chi connectivity index (χ1v) is 9.71. The second-order valence-corrected chi connectivity index (χ2v) is 8.17. The van der Waals surface area contributed by atoms with Crippen LogP contribution in [0.1, 0.15) is 24.4 Å². The quantitative estimate of drug-likeness (QED) is 0.781. The van der Waals surface area contributed by atoms with Gasteiger partial charge >= 0.3 is 0 Å². The number of thiazole rings is 1. The van der Waals surface area contributed by atoms with Crippen LogP contribution in [0.4, 0.5) is 0 Å². The van der Waals surface area contributed by atoms with E-state index in [-0.39, 0.29) is 12.1 Å². The summed E-state index contributed by atoms with van der Waals surface area (Å²) in [5.74, 6) is 1.20. The Morgan fingerprint density at radius 2 is 2.08 bits per heavy atom. The molecule has 2 aromatic heterocycles. The Morgan fingerprint density at radius 3 is 2.92 bits per heavy atom. The molecule has 1 N–H and O–H groups in total. The van der Waals surface area contributed by atoms with Gasteiger partial charge in [0.1, 0.15) is 12.7 Å². The van der Waals surface area contributed by atoms with Crippen LogP contribution in [0, 0.1) is 11.8 Å². The van der Waals surface area contributed by atoms with E-state index in [1.807, 2.05) is 10.2 Å². The van der Waals surface area contributed by atoms with Gasteiger partial charge in [0.25, 0.3) is 0 Å². The minimum Gasteiger partial charge on any atom is -0.391 e. The summed E-state index contributed by atoms with van der Waals surface area (Å²) >= 11 is 1.73. The van der Waals surface area contributed by atoms with Gasteiger partial charge in [-0.15, -0.1) is 11.3 Å². The lowest BCUT2D eigenvalue weighted by Crippen LogP contribution is -2.36. The maximum Gasteiger partial charge on any atom is 0.137 e. The Labute approximate surface area is 150 Å². The fourth-order valence-electron chi connectivity index (χ4n) is 4.62. The predicted octanol–water partition coefficient (Wildman–Crippen LogP) is 2.33. The van der Waals surface area contributed by atoms with E-state index in [1.54, 1.807) is 24.0 Å². The maximum atomic E-state index is 10.6. The SMILES string of the molecule is O[C@@H]1C[C@H]2CN(Cc3cccc4ncsc34)C[C@H]2C[C@H]1n1cncn1. The highest BCUT2D eigenvalue weighted by atomic mass is 32.1. The van der Waals surface area contributed by atoms with Gasteiger partial charge in [-0.3, -0.25) is 4.90 Å². The first kappa shape index (κ1) is 15.4. The van der Waals surface area contributed by atoms with Crippen LogP contribution < -0.4 is 0 Å². The van der Waals surface area contributed by atoms with Gasteiger partial charge in [-0.1, -0.05) is 12.1 Å². The monoisotopic (exact) mass is 355 g/mol. The third-order valence-corrected chi connectivity index (χ3v) is 6.71. The van der Waals surface area contributed by atoms with E-state index in [0.717, 1.165) is 38.0 Å². The summed E-state index contributed by atoms with van der Waals surface area (Å²) in [4.78, 5) is 11.0. The van der Waals surface area contributed by atoms with Gasteiger partial charge in [0.2, 0.25) is 0 Å². The Kier molecular flexibility index (Phi) is 3.80. The van der Waals surface area contributed by atoms with E-state index in [2.05, 4.69) is 38.2 Å². The van der Waals surface area contributed by atoms with Crippen LogP contribution in [0.15, 0.2) is 36.4 Å². The Balaban J connectivity index is 1.32. The number of hydrogen-bond donors (Lipinski definition) is 1. The molecule has 2 aliphatic rings. The molecule has 1 aromatic carbocycles. The van der Waals surface area contributed by atoms with Gasteiger partial charge < -0.3 is 5.11 Å². The lowest BCUT2D eigenvalue weighted by molar-refractivity contribution is 0.0304. The smallest absolute Gasteiger partial charge is 0.137 e. The highest BCUT2D eigenvalue weighted by Gasteiger charge is 2.42. The van der Waals surface area contributed by atoms with Crippen LogP contribution in [0.25, 0.3) is 10.2 Å². The molecular formula is C18H21N5OS. The summed E-state index contributed by atoms with van der Waals surface area (Å²) in [6.07, 6.45) is 4.79. The number of fused-ring (bicyclic) bond motifs is 2. The van der Waals surface area contributed by atoms with Crippen molar-refractivity contribution in [1.82, 2.24) is 24.6 Å². The summed E-state index contributed by atoms with van der Waals surface area (Å²) < 4.78 is 3.14. The van der Waals surface area contributed by atoms with Crippen LogP contribution in [0.2, 0.25) is 0 Å². The predicted molar refractivity (Wildman–Crippen MR) is 96.2 cm³/mol. The average molecular weight is 355 g/mol. The highest BCUT2D eigenvalue weighted by molar-refractivity contribution is 7.16. The van der Waals surface area contributed by atoms with Crippen molar-refractivity contribution in [2.45, 2.75) is 31.5 Å². The van der Waals surface area contributed by atoms with Gasteiger partial charge in [0, 0.05) is 19.6 Å². The molecule has 1 saturated heterocycles. The summed E-state index contributed by atoms with van der Waals surface area (Å²) in [5.41, 5.74) is 4.39. The first-order valence-electron chi connectivity index (χ1n) is 8.83. The molecule has 1 aliphatic heterocycles. The van der Waals surface area contributed by atoms with Crippen molar-refractivity contribution in [3.8, 4) is 0 Å². The Bertz CT molecular complexity index is 863. The van der Waals surface area contributed by atoms with Gasteiger partial charge in [-0.05, 0) is 36.3 Å². The zero-order valence-corrected chi connectivity index (χ0v) is 14.7. The molecule has 5 rings (SSSR count). The molecule has 25 heavy (non-hydrogen) atoms. The van der Waals surface area contributed by atoms with E-state index >= 15 is 0 Å². The third-order valence-electron chi connectivity index (χ3n) is 5.79. The summed E-state index contributed by atoms with van der Waals surface area (Å²) in [6, 6.07) is 6.47. The molecule has 4 atom stereocenters. The molecule has 0 bridgehead atoms. The van der Waals surface area contributed by atoms with E-state index in [1.165, 1.54) is 10.3 Å². The van der Waals surface area contributed by atoms with E-state index in [4.69, 9.17) is 0 Å². The Morgan fingerprint density at radius 1 is 1.20 bits per heavy atom. The van der Waals surface area contributed by atoms with Crippen LogP contribution >= 0.6 is 11.3 Å². The number of aliphatic hydroxyl groups is 1. The standard InChI is InChI=1S/C18H21N5OS/c24-17-5-14-8-22(6-12-2-1-3-15-18(12)25-11-20-15)7-13(14)4-16(17)23-10-19-9-21-23/h1-3,9-11,13-14,16-17,24H,4-8H2/t13-,14+,16-,17-/m1/s1. The summed E-state index contributed by atoms with van der Waals surface area (Å²) in [7, 11) is 0. The van der Waals surface area contributed by atoms with Crippen LogP contribution in [0.3, 0.4) is 0 Å². The second kappa shape index (κ2) is 6.16. The largest absolute Gasteiger partial charge is 0.391 e. The van der Waals surface area contributed by atoms with Gasteiger partial charge in [-0.25, -0.2) is 14.6 Å². The third kappa shape index (κ3) is 2.76. The number of aliphatic hydroxyl groups excluding tert-OH is 1. The second-order valence-electron chi connectivity index (χ2n) is 7.31. The fourth-order valence-corrected chi connectivity index (χ4v) is 5.41. The van der Waals surface area contributed by atoms with E-state index in [9.17, 15) is 5.11 Å². The average Bonchev–Trinajstić information content (AvgIpc) is 3.34. The van der Waals surface area contributed by atoms with Crippen LogP contribution in [-0.2, 0) is 6.54 Å². The summed E-state index contributed by atoms with van der Waals surface area (Å²) in [5, 5.41) is 14.8. The molecule has 0 spiro atoms. The van der Waals surface area contributed by atoms with Crippen LogP contribution in [-0.4, -0.2) is 48.9 Å². The molecule has 3 aromatic rings. The van der Waals surface area contributed by atoms with Crippen molar-refractivity contribution in [2.75, 3.05) is 13.1 Å². The van der Waals surface area contributed by atoms with E-state index in [0.29, 0.717) is 11.8 Å². The molecule has 0 unspecified atom stereocenters. The number of likely N-dealkylation sites (tertiary alicyclic amines) is 1. The van der Waals surface area contributed by atoms with Crippen LogP contribution in [0.5, 0.6) is 0 Å². The molecular weight excluding hydrogens is 334 g/mol. The number of benzene rings is 1. The van der Waals surface area contributed by atoms with Crippen molar-refractivity contribution in [1.29, 1.82) is 0 Å². The zero-order chi connectivity index (χ0) is 16.8. The molecule has 3 heterocycles. The molecule has 0 radical (unpaired) electrons. The van der Waals surface area contributed by atoms with Gasteiger partial charge in [-0.2, -0.15) is 5.10 Å². The fraction of sp³-hybridized carbons (Fsp3) is 0.500. The first-order chi connectivity index (χ1) is 12.3. The maximum absolute atomic E-state index is 10.6. The minimum atomic E-state index is -0.326. The highest BCUT2D eigenvalue weighted by Crippen LogP contribution is 2.41. The molecule has 1 aliphatic carbocycles. The van der Waals surface area contributed by atoms with Crippen molar-refractivity contribution in [2.24, 2.45) is 11.8 Å². The lowest BCUT2D eigenvalue weighted by atomic mass is 9.77. The molecule has 6 nitrogen and oxygen atoms in total. The number of aromatic nitrogens is 4. The molecule has 130 valence electrons. The minimum absolute atomic E-state index is 0.0635. The van der Waals surface area contributed by atoms with Crippen molar-refractivity contribution in [3.63, 3.8) is 0 Å². The van der Waals surface area contributed by atoms with E-state index < -0.39 is 0 Å². The van der Waals surface area contributed by atoms with Gasteiger partial charge in [0.15, 0.2) is 0 Å². The normalized spacial score (nSPS) is 30.0. The number of hydrogen-bond acceptors (Lipinski definition) is 6. The van der Waals surface area contributed by atoms with Gasteiger partial charge in [0.05, 0.1) is 27.9 Å². The molecule has 0 amide bonds. The Hall–Kier alpha value is -1.83. The zero-order valence-electron chi connectivity index (χ0n) is 13.9.